The fourth-order valence-electron chi connectivity index (χ4n) is 3.02. The Kier molecular flexibility index (Phi) is 3.93. The number of hydrogen-bond donors (Lipinski definition) is 0. The van der Waals surface area contributed by atoms with Crippen LogP contribution in [0.25, 0.3) is 0 Å². The molecule has 3 rings (SSSR count). The summed E-state index contributed by atoms with van der Waals surface area (Å²) in [6.45, 7) is 1.01. The number of benzene rings is 1. The lowest BCUT2D eigenvalue weighted by molar-refractivity contribution is -0.135. The van der Waals surface area contributed by atoms with Gasteiger partial charge < -0.3 is 4.90 Å². The zero-order valence-electron chi connectivity index (χ0n) is 11.3. The Labute approximate surface area is 133 Å². The van der Waals surface area contributed by atoms with Crippen LogP contribution in [-0.4, -0.2) is 37.3 Å². The minimum Gasteiger partial charge on any atom is -0.338 e. The summed E-state index contributed by atoms with van der Waals surface area (Å²) in [5, 5.41) is 1.16. The zero-order chi connectivity index (χ0) is 15.2. The molecule has 0 N–H and O–H groups in total. The summed E-state index contributed by atoms with van der Waals surface area (Å²) in [5.41, 5.74) is 1.98. The normalized spacial score (nSPS) is 23.9. The maximum absolute atomic E-state index is 12.5. The van der Waals surface area contributed by atoms with Gasteiger partial charge in [0.15, 0.2) is 9.84 Å². The number of hydrogen-bond acceptors (Lipinski definition) is 3. The molecule has 0 saturated carbocycles. The molecule has 7 heteroatoms. The van der Waals surface area contributed by atoms with Crippen molar-refractivity contribution in [2.45, 2.75) is 19.4 Å². The van der Waals surface area contributed by atoms with Crippen molar-refractivity contribution >= 4 is 38.9 Å². The highest BCUT2D eigenvalue weighted by atomic mass is 35.5. The maximum atomic E-state index is 12.5. The van der Waals surface area contributed by atoms with E-state index >= 15 is 0 Å². The lowest BCUT2D eigenvalue weighted by atomic mass is 9.98. The highest BCUT2D eigenvalue weighted by molar-refractivity contribution is 7.91. The van der Waals surface area contributed by atoms with Gasteiger partial charge >= 0.3 is 0 Å². The highest BCUT2D eigenvalue weighted by Gasteiger charge is 2.36. The van der Waals surface area contributed by atoms with Crippen LogP contribution < -0.4 is 0 Å². The van der Waals surface area contributed by atoms with Crippen molar-refractivity contribution in [1.82, 2.24) is 4.90 Å². The fraction of sp³-hybridized carbons (Fsp3) is 0.500. The SMILES string of the molecule is O=C([C@H]1CCS(=O)(=O)C1)N1CCc2cc(Cl)cc(Cl)c2C1. The third kappa shape index (κ3) is 3.05. The Morgan fingerprint density at radius 3 is 2.71 bits per heavy atom. The summed E-state index contributed by atoms with van der Waals surface area (Å²) < 4.78 is 23.0. The Balaban J connectivity index is 1.79. The third-order valence-electron chi connectivity index (χ3n) is 4.15. The maximum Gasteiger partial charge on any atom is 0.227 e. The summed E-state index contributed by atoms with van der Waals surface area (Å²) in [7, 11) is -3.04. The van der Waals surface area contributed by atoms with Crippen molar-refractivity contribution in [1.29, 1.82) is 0 Å². The summed E-state index contributed by atoms with van der Waals surface area (Å²) in [4.78, 5) is 14.2. The molecule has 0 aromatic heterocycles. The summed E-state index contributed by atoms with van der Waals surface area (Å²) in [5.74, 6) is -0.386. The van der Waals surface area contributed by atoms with Gasteiger partial charge in [0.25, 0.3) is 0 Å². The molecule has 1 fully saturated rings. The van der Waals surface area contributed by atoms with Gasteiger partial charge in [-0.25, -0.2) is 8.42 Å². The van der Waals surface area contributed by atoms with E-state index in [2.05, 4.69) is 0 Å². The number of nitrogens with zero attached hydrogens (tertiary/aromatic N) is 1. The Bertz CT molecular complexity index is 702. The Hall–Kier alpha value is -0.780. The van der Waals surface area contributed by atoms with Gasteiger partial charge in [0.2, 0.25) is 5.91 Å². The van der Waals surface area contributed by atoms with Crippen LogP contribution in [0.2, 0.25) is 10.0 Å². The van der Waals surface area contributed by atoms with E-state index in [0.29, 0.717) is 36.0 Å². The number of halogens is 2. The van der Waals surface area contributed by atoms with Crippen molar-refractivity contribution in [3.8, 4) is 0 Å². The lowest BCUT2D eigenvalue weighted by Crippen LogP contribution is -2.40. The van der Waals surface area contributed by atoms with Gasteiger partial charge in [-0.05, 0) is 36.1 Å². The van der Waals surface area contributed by atoms with Crippen LogP contribution in [0, 0.1) is 5.92 Å². The van der Waals surface area contributed by atoms with E-state index in [1.54, 1.807) is 11.0 Å². The molecule has 4 nitrogen and oxygen atoms in total. The average Bonchev–Trinajstić information content (AvgIpc) is 2.78. The smallest absolute Gasteiger partial charge is 0.227 e. The van der Waals surface area contributed by atoms with Gasteiger partial charge in [0, 0.05) is 23.1 Å². The van der Waals surface area contributed by atoms with Crippen molar-refractivity contribution in [3.63, 3.8) is 0 Å². The highest BCUT2D eigenvalue weighted by Crippen LogP contribution is 2.31. The number of sulfone groups is 1. The van der Waals surface area contributed by atoms with E-state index in [1.807, 2.05) is 6.07 Å². The first kappa shape index (κ1) is 15.1. The summed E-state index contributed by atoms with van der Waals surface area (Å²) in [6.07, 6.45) is 1.12. The predicted molar refractivity (Wildman–Crippen MR) is 82.3 cm³/mol. The van der Waals surface area contributed by atoms with Crippen molar-refractivity contribution in [3.05, 3.63) is 33.3 Å². The first-order valence-corrected chi connectivity index (χ1v) is 9.39. The largest absolute Gasteiger partial charge is 0.338 e. The molecule has 2 heterocycles. The molecule has 1 aromatic carbocycles. The molecule has 0 radical (unpaired) electrons. The Morgan fingerprint density at radius 2 is 2.05 bits per heavy atom. The summed E-state index contributed by atoms with van der Waals surface area (Å²) in [6, 6.07) is 3.56. The molecule has 1 aromatic rings. The Morgan fingerprint density at radius 1 is 1.29 bits per heavy atom. The van der Waals surface area contributed by atoms with Gasteiger partial charge in [-0.2, -0.15) is 0 Å². The second-order valence-corrected chi connectivity index (χ2v) is 8.71. The molecule has 0 bridgehead atoms. The van der Waals surface area contributed by atoms with E-state index in [4.69, 9.17) is 23.2 Å². The second-order valence-electron chi connectivity index (χ2n) is 5.64. The summed E-state index contributed by atoms with van der Waals surface area (Å²) >= 11 is 12.2. The van der Waals surface area contributed by atoms with Crippen LogP contribution in [0.1, 0.15) is 17.5 Å². The minimum atomic E-state index is -3.04. The predicted octanol–water partition coefficient (Wildman–Crippen LogP) is 2.31. The number of carbonyl (C=O) groups is 1. The lowest BCUT2D eigenvalue weighted by Gasteiger charge is -2.31. The number of rotatable bonds is 1. The van der Waals surface area contributed by atoms with Crippen LogP contribution >= 0.6 is 23.2 Å². The molecule has 114 valence electrons. The number of fused-ring (bicyclic) bond motifs is 1. The standard InChI is InChI=1S/C14H15Cl2NO3S/c15-11-5-9-1-3-17(7-12(9)13(16)6-11)14(18)10-2-4-21(19,20)8-10/h5-6,10H,1-4,7-8H2/t10-/m0/s1. The van der Waals surface area contributed by atoms with E-state index in [1.165, 1.54) is 0 Å². The van der Waals surface area contributed by atoms with Crippen LogP contribution in [0.3, 0.4) is 0 Å². The van der Waals surface area contributed by atoms with E-state index in [0.717, 1.165) is 11.1 Å². The zero-order valence-corrected chi connectivity index (χ0v) is 13.6. The van der Waals surface area contributed by atoms with Crippen molar-refractivity contribution < 1.29 is 13.2 Å². The molecule has 1 amide bonds. The number of carbonyl (C=O) groups excluding carboxylic acids is 1. The first-order chi connectivity index (χ1) is 9.85. The van der Waals surface area contributed by atoms with Crippen LogP contribution in [-0.2, 0) is 27.6 Å². The monoisotopic (exact) mass is 347 g/mol. The van der Waals surface area contributed by atoms with Crippen LogP contribution in [0.5, 0.6) is 0 Å². The molecule has 2 aliphatic heterocycles. The minimum absolute atomic E-state index is 0.0243. The molecule has 0 unspecified atom stereocenters. The van der Waals surface area contributed by atoms with Gasteiger partial charge in [0.1, 0.15) is 0 Å². The average molecular weight is 348 g/mol. The molecule has 1 saturated heterocycles. The molecule has 2 aliphatic rings. The molecule has 0 spiro atoms. The molecule has 0 aliphatic carbocycles. The van der Waals surface area contributed by atoms with Gasteiger partial charge in [0.05, 0.1) is 17.4 Å². The first-order valence-electron chi connectivity index (χ1n) is 6.82. The third-order valence-corrected chi connectivity index (χ3v) is 6.47. The van der Waals surface area contributed by atoms with E-state index in [-0.39, 0.29) is 17.4 Å². The van der Waals surface area contributed by atoms with E-state index < -0.39 is 15.8 Å². The van der Waals surface area contributed by atoms with Crippen molar-refractivity contribution in [2.75, 3.05) is 18.1 Å². The van der Waals surface area contributed by atoms with Crippen LogP contribution in [0.15, 0.2) is 12.1 Å². The van der Waals surface area contributed by atoms with E-state index in [9.17, 15) is 13.2 Å². The van der Waals surface area contributed by atoms with Gasteiger partial charge in [-0.3, -0.25) is 4.79 Å². The second kappa shape index (κ2) is 5.45. The molecular formula is C14H15Cl2NO3S. The quantitative estimate of drug-likeness (QED) is 0.783. The van der Waals surface area contributed by atoms with Crippen LogP contribution in [0.4, 0.5) is 0 Å². The number of amides is 1. The van der Waals surface area contributed by atoms with Crippen molar-refractivity contribution in [2.24, 2.45) is 5.92 Å². The van der Waals surface area contributed by atoms with Gasteiger partial charge in [-0.1, -0.05) is 23.2 Å². The molecular weight excluding hydrogens is 333 g/mol. The topological polar surface area (TPSA) is 54.5 Å². The fourth-order valence-corrected chi connectivity index (χ4v) is 5.35. The molecule has 21 heavy (non-hydrogen) atoms. The van der Waals surface area contributed by atoms with Gasteiger partial charge in [-0.15, -0.1) is 0 Å². The molecule has 1 atom stereocenters.